The lowest BCUT2D eigenvalue weighted by atomic mass is 9.78. The average molecular weight is 293 g/mol. The first-order valence-electron chi connectivity index (χ1n) is 5.99. The normalized spacial score (nSPS) is 40.6. The van der Waals surface area contributed by atoms with Gasteiger partial charge in [-0.1, -0.05) is 29.8 Å². The minimum absolute atomic E-state index is 0.254. The van der Waals surface area contributed by atoms with E-state index in [2.05, 4.69) is 41.5 Å². The molecular formula is C12H21BrOS. The zero-order valence-electron chi connectivity index (χ0n) is 9.67. The highest BCUT2D eigenvalue weighted by Crippen LogP contribution is 2.43. The van der Waals surface area contributed by atoms with Crippen LogP contribution in [0.4, 0.5) is 0 Å². The maximum atomic E-state index is 6.05. The zero-order chi connectivity index (χ0) is 10.9. The van der Waals surface area contributed by atoms with Crippen LogP contribution in [0.3, 0.4) is 0 Å². The van der Waals surface area contributed by atoms with Crippen LogP contribution in [-0.2, 0) is 4.74 Å². The molecule has 0 aromatic rings. The molecule has 2 aliphatic rings. The van der Waals surface area contributed by atoms with Gasteiger partial charge in [0.2, 0.25) is 0 Å². The molecule has 4 unspecified atom stereocenters. The summed E-state index contributed by atoms with van der Waals surface area (Å²) in [4.78, 5) is 0.631. The summed E-state index contributed by atoms with van der Waals surface area (Å²) in [6, 6.07) is 0. The van der Waals surface area contributed by atoms with Crippen molar-refractivity contribution in [3.05, 3.63) is 0 Å². The van der Waals surface area contributed by atoms with Crippen molar-refractivity contribution >= 4 is 27.7 Å². The SMILES string of the molecule is CC(Br)C(C)C1CCOC2(CCSC2)C1. The summed E-state index contributed by atoms with van der Waals surface area (Å²) in [6.07, 6.45) is 3.82. The van der Waals surface area contributed by atoms with Crippen LogP contribution in [0.5, 0.6) is 0 Å². The van der Waals surface area contributed by atoms with Crippen LogP contribution in [0.1, 0.15) is 33.1 Å². The fourth-order valence-corrected chi connectivity index (χ4v) is 4.56. The van der Waals surface area contributed by atoms with Gasteiger partial charge < -0.3 is 4.74 Å². The molecule has 3 heteroatoms. The lowest BCUT2D eigenvalue weighted by Gasteiger charge is -2.40. The van der Waals surface area contributed by atoms with Gasteiger partial charge in [0.15, 0.2) is 0 Å². The molecule has 0 saturated carbocycles. The van der Waals surface area contributed by atoms with Gasteiger partial charge in [0, 0.05) is 17.2 Å². The molecule has 1 spiro atoms. The van der Waals surface area contributed by atoms with Crippen LogP contribution >= 0.6 is 27.7 Å². The maximum Gasteiger partial charge on any atom is 0.0783 e. The fraction of sp³-hybridized carbons (Fsp3) is 1.00. The van der Waals surface area contributed by atoms with Gasteiger partial charge in [-0.2, -0.15) is 11.8 Å². The lowest BCUT2D eigenvalue weighted by Crippen LogP contribution is -2.42. The third kappa shape index (κ3) is 2.73. The van der Waals surface area contributed by atoms with Crippen molar-refractivity contribution in [2.24, 2.45) is 11.8 Å². The maximum absolute atomic E-state index is 6.05. The molecule has 15 heavy (non-hydrogen) atoms. The first kappa shape index (κ1) is 12.3. The number of thioether (sulfide) groups is 1. The molecule has 4 atom stereocenters. The Kier molecular flexibility index (Phi) is 4.06. The van der Waals surface area contributed by atoms with Crippen molar-refractivity contribution in [3.8, 4) is 0 Å². The molecule has 0 aromatic carbocycles. The van der Waals surface area contributed by atoms with Gasteiger partial charge >= 0.3 is 0 Å². The van der Waals surface area contributed by atoms with E-state index < -0.39 is 0 Å². The average Bonchev–Trinajstić information content (AvgIpc) is 2.65. The Morgan fingerprint density at radius 1 is 1.47 bits per heavy atom. The van der Waals surface area contributed by atoms with Crippen molar-refractivity contribution in [2.75, 3.05) is 18.1 Å². The molecule has 88 valence electrons. The summed E-state index contributed by atoms with van der Waals surface area (Å²) in [5.41, 5.74) is 0.254. The minimum atomic E-state index is 0.254. The summed E-state index contributed by atoms with van der Waals surface area (Å²) < 4.78 is 6.05. The lowest BCUT2D eigenvalue weighted by molar-refractivity contribution is -0.0875. The van der Waals surface area contributed by atoms with Gasteiger partial charge in [0.05, 0.1) is 5.60 Å². The summed E-state index contributed by atoms with van der Waals surface area (Å²) >= 11 is 5.79. The van der Waals surface area contributed by atoms with Gasteiger partial charge in [0.1, 0.15) is 0 Å². The third-order valence-electron chi connectivity index (χ3n) is 4.07. The predicted octanol–water partition coefficient (Wildman–Crippen LogP) is 3.71. The Morgan fingerprint density at radius 3 is 2.87 bits per heavy atom. The molecule has 0 radical (unpaired) electrons. The van der Waals surface area contributed by atoms with Crippen molar-refractivity contribution in [1.29, 1.82) is 0 Å². The van der Waals surface area contributed by atoms with Gasteiger partial charge in [0.25, 0.3) is 0 Å². The molecule has 2 fully saturated rings. The van der Waals surface area contributed by atoms with E-state index in [1.54, 1.807) is 0 Å². The molecular weight excluding hydrogens is 272 g/mol. The number of ether oxygens (including phenoxy) is 1. The monoisotopic (exact) mass is 292 g/mol. The summed E-state index contributed by atoms with van der Waals surface area (Å²) in [5.74, 6) is 4.15. The number of hydrogen-bond donors (Lipinski definition) is 0. The Bertz CT molecular complexity index is 214. The summed E-state index contributed by atoms with van der Waals surface area (Å²) in [7, 11) is 0. The Morgan fingerprint density at radius 2 is 2.27 bits per heavy atom. The molecule has 2 saturated heterocycles. The number of rotatable bonds is 2. The van der Waals surface area contributed by atoms with Crippen molar-refractivity contribution in [1.82, 2.24) is 0 Å². The second kappa shape index (κ2) is 4.97. The molecule has 1 nitrogen and oxygen atoms in total. The second-order valence-corrected chi connectivity index (χ2v) is 7.67. The molecule has 2 heterocycles. The van der Waals surface area contributed by atoms with E-state index in [4.69, 9.17) is 4.74 Å². The zero-order valence-corrected chi connectivity index (χ0v) is 12.1. The highest BCUT2D eigenvalue weighted by molar-refractivity contribution is 9.09. The van der Waals surface area contributed by atoms with Crippen LogP contribution in [0.2, 0.25) is 0 Å². The Labute approximate surface area is 106 Å². The Balaban J connectivity index is 1.97. The van der Waals surface area contributed by atoms with Gasteiger partial charge in [-0.05, 0) is 36.9 Å². The molecule has 0 aliphatic carbocycles. The van der Waals surface area contributed by atoms with Crippen molar-refractivity contribution < 1.29 is 4.74 Å². The molecule has 2 aliphatic heterocycles. The third-order valence-corrected chi connectivity index (χ3v) is 6.12. The number of halogens is 1. The molecule has 0 N–H and O–H groups in total. The smallest absolute Gasteiger partial charge is 0.0783 e. The van der Waals surface area contributed by atoms with Crippen LogP contribution in [0.25, 0.3) is 0 Å². The molecule has 0 aromatic heterocycles. The first-order chi connectivity index (χ1) is 7.13. The van der Waals surface area contributed by atoms with E-state index in [0.717, 1.165) is 18.4 Å². The van der Waals surface area contributed by atoms with Gasteiger partial charge in [-0.3, -0.25) is 0 Å². The topological polar surface area (TPSA) is 9.23 Å². The number of alkyl halides is 1. The highest BCUT2D eigenvalue weighted by Gasteiger charge is 2.42. The predicted molar refractivity (Wildman–Crippen MR) is 70.9 cm³/mol. The second-order valence-electron chi connectivity index (χ2n) is 5.12. The summed E-state index contributed by atoms with van der Waals surface area (Å²) in [5, 5.41) is 0. The standard InChI is InChI=1S/C12H21BrOS/c1-9(10(2)13)11-3-5-14-12(7-11)4-6-15-8-12/h9-11H,3-8H2,1-2H3. The number of hydrogen-bond acceptors (Lipinski definition) is 2. The van der Waals surface area contributed by atoms with Crippen LogP contribution in [0.15, 0.2) is 0 Å². The van der Waals surface area contributed by atoms with E-state index in [-0.39, 0.29) is 5.60 Å². The Hall–Kier alpha value is 0.790. The quantitative estimate of drug-likeness (QED) is 0.718. The van der Waals surface area contributed by atoms with Crippen LogP contribution in [0, 0.1) is 11.8 Å². The van der Waals surface area contributed by atoms with Gasteiger partial charge in [-0.25, -0.2) is 0 Å². The van der Waals surface area contributed by atoms with Crippen LogP contribution < -0.4 is 0 Å². The fourth-order valence-electron chi connectivity index (χ4n) is 2.75. The minimum Gasteiger partial charge on any atom is -0.374 e. The highest BCUT2D eigenvalue weighted by atomic mass is 79.9. The van der Waals surface area contributed by atoms with Crippen molar-refractivity contribution in [3.63, 3.8) is 0 Å². The summed E-state index contributed by atoms with van der Waals surface area (Å²) in [6.45, 7) is 5.64. The molecule has 0 bridgehead atoms. The van der Waals surface area contributed by atoms with Crippen LogP contribution in [-0.4, -0.2) is 28.5 Å². The van der Waals surface area contributed by atoms with E-state index in [1.807, 2.05) is 0 Å². The largest absolute Gasteiger partial charge is 0.374 e. The molecule has 2 rings (SSSR count). The van der Waals surface area contributed by atoms with Gasteiger partial charge in [-0.15, -0.1) is 0 Å². The first-order valence-corrected chi connectivity index (χ1v) is 8.06. The van der Waals surface area contributed by atoms with E-state index >= 15 is 0 Å². The van der Waals surface area contributed by atoms with E-state index in [9.17, 15) is 0 Å². The van der Waals surface area contributed by atoms with E-state index in [0.29, 0.717) is 4.83 Å². The molecule has 0 amide bonds. The van der Waals surface area contributed by atoms with Crippen molar-refractivity contribution in [2.45, 2.75) is 43.5 Å². The van der Waals surface area contributed by atoms with E-state index in [1.165, 1.54) is 30.8 Å².